The van der Waals surface area contributed by atoms with Gasteiger partial charge in [0, 0.05) is 6.42 Å². The molecule has 0 saturated carbocycles. The Morgan fingerprint density at radius 2 is 0.761 bits per heavy atom. The molecule has 88 heavy (non-hydrogen) atoms. The molecule has 14 heteroatoms. The van der Waals surface area contributed by atoms with Crippen LogP contribution in [0.2, 0.25) is 0 Å². The highest BCUT2D eigenvalue weighted by molar-refractivity contribution is 5.76. The summed E-state index contributed by atoms with van der Waals surface area (Å²) in [4.78, 5) is 13.3. The fourth-order valence-electron chi connectivity index (χ4n) is 12.1. The molecule has 14 nitrogen and oxygen atoms in total. The summed E-state index contributed by atoms with van der Waals surface area (Å²) in [6.45, 7) is 2.81. The topological polar surface area (TPSA) is 228 Å². The monoisotopic (exact) mass is 1250 g/mol. The second-order valence-electron chi connectivity index (χ2n) is 26.1. The lowest BCUT2D eigenvalue weighted by Crippen LogP contribution is -2.65. The molecule has 0 radical (unpaired) electrons. The van der Waals surface area contributed by atoms with Crippen LogP contribution in [0.25, 0.3) is 0 Å². The molecule has 0 aromatic heterocycles. The zero-order valence-electron chi connectivity index (χ0n) is 56.2. The van der Waals surface area contributed by atoms with Gasteiger partial charge in [-0.15, -0.1) is 0 Å². The van der Waals surface area contributed by atoms with E-state index in [4.69, 9.17) is 18.9 Å². The Kier molecular flexibility index (Phi) is 54.8. The van der Waals surface area contributed by atoms with Crippen molar-refractivity contribution in [3.05, 3.63) is 48.6 Å². The predicted octanol–water partition coefficient (Wildman–Crippen LogP) is 15.5. The molecule has 0 bridgehead atoms. The molecule has 1 amide bonds. The molecule has 2 rings (SSSR count). The van der Waals surface area contributed by atoms with Gasteiger partial charge in [0.1, 0.15) is 48.8 Å². The van der Waals surface area contributed by atoms with E-state index < -0.39 is 86.8 Å². The van der Waals surface area contributed by atoms with Gasteiger partial charge in [0.2, 0.25) is 5.91 Å². The molecule has 12 unspecified atom stereocenters. The molecular formula is C74H137NO13. The Hall–Kier alpha value is -2.05. The van der Waals surface area contributed by atoms with Crippen molar-refractivity contribution in [2.75, 3.05) is 19.8 Å². The molecule has 0 aromatic carbocycles. The lowest BCUT2D eigenvalue weighted by Gasteiger charge is -2.46. The quantitative estimate of drug-likeness (QED) is 0.0204. The van der Waals surface area contributed by atoms with Crippen LogP contribution in [-0.2, 0) is 23.7 Å². The minimum atomic E-state index is -1.79. The fraction of sp³-hybridized carbons (Fsp3) is 0.878. The maximum absolute atomic E-state index is 13.3. The van der Waals surface area contributed by atoms with Crippen molar-refractivity contribution < 1.29 is 64.6 Å². The Morgan fingerprint density at radius 3 is 1.18 bits per heavy atom. The molecule has 2 aliphatic heterocycles. The molecule has 2 aliphatic rings. The van der Waals surface area contributed by atoms with Crippen molar-refractivity contribution in [3.8, 4) is 0 Å². The van der Waals surface area contributed by atoms with E-state index in [9.17, 15) is 45.6 Å². The first-order chi connectivity index (χ1) is 43.1. The van der Waals surface area contributed by atoms with Crippen molar-refractivity contribution in [1.82, 2.24) is 5.32 Å². The number of aliphatic hydroxyl groups is 8. The number of rotatable bonds is 61. The van der Waals surface area contributed by atoms with Gasteiger partial charge in [-0.2, -0.15) is 0 Å². The van der Waals surface area contributed by atoms with Crippen LogP contribution in [0.4, 0.5) is 0 Å². The van der Waals surface area contributed by atoms with Gasteiger partial charge in [-0.1, -0.05) is 300 Å². The molecule has 0 spiro atoms. The third kappa shape index (κ3) is 42.2. The summed E-state index contributed by atoms with van der Waals surface area (Å²) >= 11 is 0. The maximum Gasteiger partial charge on any atom is 0.220 e. The number of hydrogen-bond acceptors (Lipinski definition) is 13. The number of carbonyl (C=O) groups is 1. The summed E-state index contributed by atoms with van der Waals surface area (Å²) in [5.74, 6) is -0.251. The van der Waals surface area contributed by atoms with E-state index in [2.05, 4.69) is 55.6 Å². The molecule has 0 aliphatic carbocycles. The maximum atomic E-state index is 13.3. The number of aliphatic hydroxyl groups excluding tert-OH is 8. The van der Waals surface area contributed by atoms with Gasteiger partial charge >= 0.3 is 0 Å². The van der Waals surface area contributed by atoms with E-state index in [1.807, 2.05) is 6.08 Å². The van der Waals surface area contributed by atoms with Gasteiger partial charge in [0.05, 0.1) is 32.0 Å². The third-order valence-corrected chi connectivity index (χ3v) is 18.0. The molecular weight excluding hydrogens is 1110 g/mol. The van der Waals surface area contributed by atoms with Crippen LogP contribution in [-0.4, -0.2) is 140 Å². The van der Waals surface area contributed by atoms with Gasteiger partial charge in [-0.05, 0) is 64.2 Å². The smallest absolute Gasteiger partial charge is 0.220 e. The number of unbranched alkanes of at least 4 members (excludes halogenated alkanes) is 42. The number of allylic oxidation sites excluding steroid dienone is 7. The summed E-state index contributed by atoms with van der Waals surface area (Å²) in [7, 11) is 0. The van der Waals surface area contributed by atoms with Crippen LogP contribution in [0.15, 0.2) is 48.6 Å². The van der Waals surface area contributed by atoms with Crippen LogP contribution >= 0.6 is 0 Å². The van der Waals surface area contributed by atoms with Crippen molar-refractivity contribution >= 4 is 5.91 Å². The number of nitrogens with one attached hydrogen (secondary N) is 1. The lowest BCUT2D eigenvalue weighted by atomic mass is 9.97. The second-order valence-corrected chi connectivity index (χ2v) is 26.1. The minimum Gasteiger partial charge on any atom is -0.394 e. The number of hydrogen-bond donors (Lipinski definition) is 9. The van der Waals surface area contributed by atoms with E-state index in [0.29, 0.717) is 12.8 Å². The number of amides is 1. The van der Waals surface area contributed by atoms with Gasteiger partial charge in [-0.25, -0.2) is 0 Å². The zero-order chi connectivity index (χ0) is 63.8. The lowest BCUT2D eigenvalue weighted by molar-refractivity contribution is -0.359. The number of ether oxygens (including phenoxy) is 4. The SMILES string of the molecule is CCCCCCC/C=C\C/C=C\CCCCCCCCCCCC(=O)NC(COC1OC(CO)C(OC2OC(CO)C(O)C(O)C2O)C(O)C1O)C(O)/C=C/CC/C=C/CCCCCCCCCCCCCCCCCCCCCCCCCCCCC. The Labute approximate surface area is 537 Å². The molecule has 2 fully saturated rings. The molecule has 12 atom stereocenters. The van der Waals surface area contributed by atoms with E-state index in [1.165, 1.54) is 244 Å². The van der Waals surface area contributed by atoms with E-state index >= 15 is 0 Å². The largest absolute Gasteiger partial charge is 0.394 e. The van der Waals surface area contributed by atoms with Crippen molar-refractivity contribution in [1.29, 1.82) is 0 Å². The van der Waals surface area contributed by atoms with E-state index in [-0.39, 0.29) is 18.9 Å². The first-order valence-corrected chi connectivity index (χ1v) is 36.9. The standard InChI is InChI=1S/C74H137NO13/c1-3-5-7-9-11-13-15-17-19-21-23-25-26-27-28-29-30-31-32-33-34-35-36-38-39-41-43-45-47-49-51-53-55-57-63(78)62(61-85-73-71(84)69(82)72(65(60-77)87-73)88-74-70(83)68(81)67(80)64(59-76)86-74)75-66(79)58-56-54-52-50-48-46-44-42-40-37-24-22-20-18-16-14-12-10-8-6-4-2/h16,18,22,24,47,49,55,57,62-65,67-74,76-78,80-84H,3-15,17,19-21,23,25-46,48,50-54,56,58-61H2,1-2H3,(H,75,79)/b18-16-,24-22-,49-47+,57-55+. The van der Waals surface area contributed by atoms with Crippen LogP contribution in [0.1, 0.15) is 322 Å². The van der Waals surface area contributed by atoms with Crippen LogP contribution < -0.4 is 5.32 Å². The third-order valence-electron chi connectivity index (χ3n) is 18.0. The summed E-state index contributed by atoms with van der Waals surface area (Å²) in [6, 6.07) is -0.937. The highest BCUT2D eigenvalue weighted by atomic mass is 16.7. The normalized spacial score (nSPS) is 23.4. The van der Waals surface area contributed by atoms with Gasteiger partial charge in [-0.3, -0.25) is 4.79 Å². The summed E-state index contributed by atoms with van der Waals surface area (Å²) in [5.41, 5.74) is 0. The molecule has 516 valence electrons. The van der Waals surface area contributed by atoms with Crippen molar-refractivity contribution in [3.63, 3.8) is 0 Å². The average Bonchev–Trinajstić information content (AvgIpc) is 2.01. The predicted molar refractivity (Wildman–Crippen MR) is 360 cm³/mol. The van der Waals surface area contributed by atoms with Gasteiger partial charge in [0.15, 0.2) is 12.6 Å². The summed E-state index contributed by atoms with van der Waals surface area (Å²) in [6.07, 6.45) is 60.4. The van der Waals surface area contributed by atoms with Gasteiger partial charge < -0.3 is 65.1 Å². The molecule has 0 aromatic rings. The van der Waals surface area contributed by atoms with Crippen molar-refractivity contribution in [2.24, 2.45) is 0 Å². The highest BCUT2D eigenvalue weighted by Gasteiger charge is 2.51. The first-order valence-electron chi connectivity index (χ1n) is 36.9. The Morgan fingerprint density at radius 1 is 0.409 bits per heavy atom. The van der Waals surface area contributed by atoms with Crippen molar-refractivity contribution in [2.45, 2.75) is 396 Å². The fourth-order valence-corrected chi connectivity index (χ4v) is 12.1. The Bertz CT molecular complexity index is 1660. The molecule has 2 saturated heterocycles. The number of carbonyl (C=O) groups excluding carboxylic acids is 1. The summed E-state index contributed by atoms with van der Waals surface area (Å²) in [5, 5.41) is 87.4. The zero-order valence-corrected chi connectivity index (χ0v) is 56.2. The first kappa shape index (κ1) is 82.0. The second kappa shape index (κ2) is 58.7. The highest BCUT2D eigenvalue weighted by Crippen LogP contribution is 2.30. The van der Waals surface area contributed by atoms with E-state index in [0.717, 1.165) is 44.9 Å². The van der Waals surface area contributed by atoms with Gasteiger partial charge in [0.25, 0.3) is 0 Å². The van der Waals surface area contributed by atoms with Crippen LogP contribution in [0.5, 0.6) is 0 Å². The Balaban J connectivity index is 1.66. The average molecular weight is 1250 g/mol. The molecule has 9 N–H and O–H groups in total. The minimum absolute atomic E-state index is 0.251. The van der Waals surface area contributed by atoms with Crippen LogP contribution in [0.3, 0.4) is 0 Å². The van der Waals surface area contributed by atoms with E-state index in [1.54, 1.807) is 6.08 Å². The van der Waals surface area contributed by atoms with Crippen LogP contribution in [0, 0.1) is 0 Å². The summed E-state index contributed by atoms with van der Waals surface area (Å²) < 4.78 is 22.8. The molecule has 2 heterocycles.